The van der Waals surface area contributed by atoms with Gasteiger partial charge < -0.3 is 29.9 Å². The molecule has 1 aliphatic carbocycles. The van der Waals surface area contributed by atoms with E-state index in [9.17, 15) is 20.4 Å². The summed E-state index contributed by atoms with van der Waals surface area (Å²) in [5.41, 5.74) is 26.0. The van der Waals surface area contributed by atoms with Crippen LogP contribution in [0.5, 0.6) is 0 Å². The molecule has 4 N–H and O–H groups in total. The molecule has 1 heterocycles. The average molecular weight is 383 g/mol. The van der Waals surface area contributed by atoms with E-state index in [1.54, 1.807) is 0 Å². The van der Waals surface area contributed by atoms with E-state index in [1.807, 2.05) is 0 Å². The van der Waals surface area contributed by atoms with E-state index in [-0.39, 0.29) is 12.2 Å². The lowest BCUT2D eigenvalue weighted by molar-refractivity contribution is -0.225. The molecule has 2 aliphatic rings. The summed E-state index contributed by atoms with van der Waals surface area (Å²) >= 11 is 0. The van der Waals surface area contributed by atoms with Crippen molar-refractivity contribution in [2.45, 2.75) is 55.3 Å². The summed E-state index contributed by atoms with van der Waals surface area (Å²) in [5, 5.41) is 49.9. The number of aliphatic hydroxyl groups excluding tert-OH is 4. The van der Waals surface area contributed by atoms with Gasteiger partial charge in [-0.1, -0.05) is 15.3 Å². The van der Waals surface area contributed by atoms with Crippen LogP contribution in [-0.4, -0.2) is 75.9 Å². The SMILES string of the molecule is [N-]=[N+]=NC1C[C@@H](N=[N+]=[N-])C(O)[C@@H](O)[C@@H]1O[C@H]1OC(CO)=C[C@H](O)C1N=[N+]=[N-]. The van der Waals surface area contributed by atoms with Gasteiger partial charge in [0.05, 0.1) is 30.4 Å². The Labute approximate surface area is 151 Å². The van der Waals surface area contributed by atoms with Gasteiger partial charge in [0.1, 0.15) is 24.5 Å². The first-order chi connectivity index (χ1) is 13.0. The van der Waals surface area contributed by atoms with Crippen LogP contribution in [0, 0.1) is 0 Å². The zero-order chi connectivity index (χ0) is 20.0. The Hall–Kier alpha value is -2.73. The van der Waals surface area contributed by atoms with Gasteiger partial charge in [0.2, 0.25) is 6.29 Å². The van der Waals surface area contributed by atoms with E-state index in [4.69, 9.17) is 26.1 Å². The van der Waals surface area contributed by atoms with E-state index < -0.39 is 55.4 Å². The van der Waals surface area contributed by atoms with E-state index in [1.165, 1.54) is 0 Å². The highest BCUT2D eigenvalue weighted by Gasteiger charge is 2.47. The molecule has 0 amide bonds. The lowest BCUT2D eigenvalue weighted by atomic mass is 9.84. The molecule has 0 saturated heterocycles. The van der Waals surface area contributed by atoms with Crippen LogP contribution in [0.15, 0.2) is 27.2 Å². The summed E-state index contributed by atoms with van der Waals surface area (Å²) in [7, 11) is 0. The van der Waals surface area contributed by atoms with E-state index >= 15 is 0 Å². The van der Waals surface area contributed by atoms with Gasteiger partial charge in [-0.15, -0.1) is 0 Å². The highest BCUT2D eigenvalue weighted by Crippen LogP contribution is 2.31. The van der Waals surface area contributed by atoms with Gasteiger partial charge in [-0.05, 0) is 29.1 Å². The standard InChI is InChI=1S/C12H17N9O6/c13-19-16-5-2-6(17-20-14)11(10(25)9(5)24)27-12-8(18-21-15)7(23)1-4(3-22)26-12/h1,5-12,22-25H,2-3H2/t5-,6?,7+,8?,9?,10-,11-,12-/m1/s1. The van der Waals surface area contributed by atoms with E-state index in [2.05, 4.69) is 30.1 Å². The molecule has 0 bridgehead atoms. The number of hydrogen-bond donors (Lipinski definition) is 4. The topological polar surface area (TPSA) is 246 Å². The normalized spacial score (nSPS) is 38.3. The molecular weight excluding hydrogens is 366 g/mol. The number of hydrogen-bond acceptors (Lipinski definition) is 9. The zero-order valence-corrected chi connectivity index (χ0v) is 13.7. The second-order valence-corrected chi connectivity index (χ2v) is 5.83. The van der Waals surface area contributed by atoms with Crippen molar-refractivity contribution in [1.29, 1.82) is 0 Å². The highest BCUT2D eigenvalue weighted by molar-refractivity contribution is 5.08. The van der Waals surface area contributed by atoms with Crippen LogP contribution in [0.4, 0.5) is 0 Å². The van der Waals surface area contributed by atoms with Crippen molar-refractivity contribution in [1.82, 2.24) is 0 Å². The van der Waals surface area contributed by atoms with Crippen LogP contribution in [0.3, 0.4) is 0 Å². The largest absolute Gasteiger partial charge is 0.466 e. The fraction of sp³-hybridized carbons (Fsp3) is 0.833. The fourth-order valence-corrected chi connectivity index (χ4v) is 2.95. The predicted octanol–water partition coefficient (Wildman–Crippen LogP) is 0.127. The number of azide groups is 3. The first kappa shape index (κ1) is 20.6. The van der Waals surface area contributed by atoms with Gasteiger partial charge in [0, 0.05) is 14.7 Å². The molecule has 0 aromatic rings. The first-order valence-electron chi connectivity index (χ1n) is 7.77. The smallest absolute Gasteiger partial charge is 0.211 e. The number of rotatable bonds is 6. The molecule has 146 valence electrons. The molecule has 15 nitrogen and oxygen atoms in total. The lowest BCUT2D eigenvalue weighted by Crippen LogP contribution is -2.58. The van der Waals surface area contributed by atoms with E-state index in [0.29, 0.717) is 0 Å². The molecule has 0 radical (unpaired) electrons. The molecule has 27 heavy (non-hydrogen) atoms. The molecule has 0 spiro atoms. The molecule has 3 unspecified atom stereocenters. The van der Waals surface area contributed by atoms with Crippen molar-refractivity contribution in [2.75, 3.05) is 6.61 Å². The average Bonchev–Trinajstić information content (AvgIpc) is 2.65. The quantitative estimate of drug-likeness (QED) is 0.281. The van der Waals surface area contributed by atoms with Crippen molar-refractivity contribution < 1.29 is 29.9 Å². The summed E-state index contributed by atoms with van der Waals surface area (Å²) in [4.78, 5) is 7.82. The predicted molar refractivity (Wildman–Crippen MR) is 86.4 cm³/mol. The van der Waals surface area contributed by atoms with Crippen LogP contribution in [0.1, 0.15) is 6.42 Å². The number of aliphatic hydroxyl groups is 4. The van der Waals surface area contributed by atoms with Crippen LogP contribution in [0.2, 0.25) is 0 Å². The molecular formula is C12H17N9O6. The Morgan fingerprint density at radius 2 is 1.67 bits per heavy atom. The minimum absolute atomic E-state index is 0.0602. The van der Waals surface area contributed by atoms with Gasteiger partial charge in [0.15, 0.2) is 0 Å². The molecule has 0 aromatic heterocycles. The first-order valence-corrected chi connectivity index (χ1v) is 7.77. The van der Waals surface area contributed by atoms with Crippen molar-refractivity contribution in [2.24, 2.45) is 15.3 Å². The molecule has 8 atom stereocenters. The summed E-state index contributed by atoms with van der Waals surface area (Å²) < 4.78 is 10.9. The van der Waals surface area contributed by atoms with Gasteiger partial charge in [-0.3, -0.25) is 0 Å². The minimum Gasteiger partial charge on any atom is -0.466 e. The number of nitrogens with zero attached hydrogens (tertiary/aromatic N) is 9. The Morgan fingerprint density at radius 3 is 2.26 bits per heavy atom. The lowest BCUT2D eigenvalue weighted by Gasteiger charge is -2.42. The van der Waals surface area contributed by atoms with Crippen LogP contribution >= 0.6 is 0 Å². The molecule has 1 aliphatic heterocycles. The monoisotopic (exact) mass is 383 g/mol. The second kappa shape index (κ2) is 9.28. The Balaban J connectivity index is 2.30. The van der Waals surface area contributed by atoms with Crippen molar-refractivity contribution in [3.05, 3.63) is 43.2 Å². The van der Waals surface area contributed by atoms with Gasteiger partial charge in [-0.2, -0.15) is 0 Å². The molecule has 1 fully saturated rings. The van der Waals surface area contributed by atoms with Gasteiger partial charge in [0.25, 0.3) is 0 Å². The van der Waals surface area contributed by atoms with Crippen LogP contribution in [-0.2, 0) is 9.47 Å². The van der Waals surface area contributed by atoms with Crippen molar-refractivity contribution in [3.8, 4) is 0 Å². The van der Waals surface area contributed by atoms with Crippen molar-refractivity contribution in [3.63, 3.8) is 0 Å². The Morgan fingerprint density at radius 1 is 1.04 bits per heavy atom. The summed E-state index contributed by atoms with van der Waals surface area (Å²) in [6, 6.07) is -3.38. The maximum Gasteiger partial charge on any atom is 0.211 e. The summed E-state index contributed by atoms with van der Waals surface area (Å²) in [5.74, 6) is -0.0602. The third-order valence-corrected chi connectivity index (χ3v) is 4.23. The van der Waals surface area contributed by atoms with Gasteiger partial charge >= 0.3 is 0 Å². The third kappa shape index (κ3) is 4.52. The second-order valence-electron chi connectivity index (χ2n) is 5.83. The van der Waals surface area contributed by atoms with Crippen LogP contribution in [0.25, 0.3) is 31.3 Å². The number of ether oxygens (including phenoxy) is 2. The Bertz CT molecular complexity index is 714. The third-order valence-electron chi connectivity index (χ3n) is 4.23. The summed E-state index contributed by atoms with van der Waals surface area (Å²) in [6.07, 6.45) is -6.26. The minimum atomic E-state index is -1.64. The van der Waals surface area contributed by atoms with Crippen LogP contribution < -0.4 is 0 Å². The van der Waals surface area contributed by atoms with E-state index in [0.717, 1.165) is 6.08 Å². The Kier molecular flexibility index (Phi) is 7.07. The highest BCUT2D eigenvalue weighted by atomic mass is 16.7. The maximum absolute atomic E-state index is 10.3. The molecule has 1 saturated carbocycles. The fourth-order valence-electron chi connectivity index (χ4n) is 2.95. The zero-order valence-electron chi connectivity index (χ0n) is 13.7. The van der Waals surface area contributed by atoms with Crippen molar-refractivity contribution >= 4 is 0 Å². The molecule has 15 heteroatoms. The molecule has 2 rings (SSSR count). The summed E-state index contributed by atoms with van der Waals surface area (Å²) in [6.45, 7) is -0.575. The molecule has 0 aromatic carbocycles. The maximum atomic E-state index is 10.3. The van der Waals surface area contributed by atoms with Gasteiger partial charge in [-0.25, -0.2) is 0 Å².